The van der Waals surface area contributed by atoms with Crippen molar-refractivity contribution in [1.29, 1.82) is 0 Å². The molecule has 1 aliphatic rings. The molecule has 1 aliphatic carbocycles. The number of likely N-dealkylation sites (N-methyl/N-ethyl adjacent to an activating group) is 1. The summed E-state index contributed by atoms with van der Waals surface area (Å²) in [6.07, 6.45) is 3.26. The Kier molecular flexibility index (Phi) is 4.41. The smallest absolute Gasteiger partial charge is 0.137 e. The van der Waals surface area contributed by atoms with Crippen molar-refractivity contribution in [2.45, 2.75) is 31.2 Å². The first-order chi connectivity index (χ1) is 10.2. The maximum absolute atomic E-state index is 13.4. The summed E-state index contributed by atoms with van der Waals surface area (Å²) in [5.41, 5.74) is 4.10. The topological polar surface area (TPSA) is 12.0 Å². The predicted molar refractivity (Wildman–Crippen MR) is 88.2 cm³/mol. The quantitative estimate of drug-likeness (QED) is 0.861. The van der Waals surface area contributed by atoms with Crippen LogP contribution in [0.4, 0.5) is 4.39 Å². The number of rotatable bonds is 4. The van der Waals surface area contributed by atoms with E-state index in [9.17, 15) is 4.39 Å². The van der Waals surface area contributed by atoms with Gasteiger partial charge in [-0.1, -0.05) is 30.3 Å². The fourth-order valence-electron chi connectivity index (χ4n) is 3.37. The van der Waals surface area contributed by atoms with Crippen LogP contribution in [-0.2, 0) is 12.8 Å². The summed E-state index contributed by atoms with van der Waals surface area (Å²) in [5.74, 6) is 0.334. The number of hydrogen-bond donors (Lipinski definition) is 1. The molecule has 0 aliphatic heterocycles. The van der Waals surface area contributed by atoms with Crippen molar-refractivity contribution >= 4 is 15.9 Å². The maximum Gasteiger partial charge on any atom is 0.137 e. The van der Waals surface area contributed by atoms with Crippen molar-refractivity contribution in [3.8, 4) is 0 Å². The van der Waals surface area contributed by atoms with Gasteiger partial charge in [-0.3, -0.25) is 0 Å². The van der Waals surface area contributed by atoms with Crippen molar-refractivity contribution in [3.63, 3.8) is 0 Å². The van der Waals surface area contributed by atoms with E-state index in [4.69, 9.17) is 0 Å². The molecule has 0 fully saturated rings. The molecule has 0 amide bonds. The monoisotopic (exact) mass is 347 g/mol. The maximum atomic E-state index is 13.4. The Morgan fingerprint density at radius 2 is 2.10 bits per heavy atom. The van der Waals surface area contributed by atoms with Crippen LogP contribution < -0.4 is 5.32 Å². The fraction of sp³-hybridized carbons (Fsp3) is 0.333. The highest BCUT2D eigenvalue weighted by Gasteiger charge is 2.28. The lowest BCUT2D eigenvalue weighted by Gasteiger charge is -2.24. The van der Waals surface area contributed by atoms with E-state index >= 15 is 0 Å². The van der Waals surface area contributed by atoms with Gasteiger partial charge in [0.2, 0.25) is 0 Å². The molecule has 3 heteroatoms. The minimum absolute atomic E-state index is 0.203. The Labute approximate surface area is 133 Å². The molecular weight excluding hydrogens is 329 g/mol. The molecule has 110 valence electrons. The standard InChI is InChI=1S/C18H19BrFN/c1-21-18(11-12-6-9-17(20)16(19)10-12)15-8-7-13-4-2-3-5-14(13)15/h2-6,9-10,15,18,21H,7-8,11H2,1H3. The lowest BCUT2D eigenvalue weighted by atomic mass is 9.89. The predicted octanol–water partition coefficient (Wildman–Crippen LogP) is 4.45. The van der Waals surface area contributed by atoms with E-state index in [-0.39, 0.29) is 5.82 Å². The van der Waals surface area contributed by atoms with Crippen LogP contribution in [0.1, 0.15) is 29.0 Å². The molecular formula is C18H19BrFN. The van der Waals surface area contributed by atoms with Crippen LogP contribution >= 0.6 is 15.9 Å². The van der Waals surface area contributed by atoms with Gasteiger partial charge in [0.05, 0.1) is 4.47 Å². The average molecular weight is 348 g/mol. The average Bonchev–Trinajstić information content (AvgIpc) is 2.92. The van der Waals surface area contributed by atoms with E-state index in [2.05, 4.69) is 45.5 Å². The molecule has 0 bridgehead atoms. The van der Waals surface area contributed by atoms with E-state index in [0.717, 1.165) is 18.4 Å². The molecule has 0 aromatic heterocycles. The van der Waals surface area contributed by atoms with Crippen LogP contribution in [0.25, 0.3) is 0 Å². The summed E-state index contributed by atoms with van der Waals surface area (Å²) in [6.45, 7) is 0. The van der Waals surface area contributed by atoms with Gasteiger partial charge in [-0.2, -0.15) is 0 Å². The van der Waals surface area contributed by atoms with E-state index < -0.39 is 0 Å². The number of aryl methyl sites for hydroxylation is 1. The highest BCUT2D eigenvalue weighted by molar-refractivity contribution is 9.10. The molecule has 0 spiro atoms. The zero-order valence-corrected chi connectivity index (χ0v) is 13.7. The van der Waals surface area contributed by atoms with Gasteiger partial charge >= 0.3 is 0 Å². The molecule has 1 N–H and O–H groups in total. The lowest BCUT2D eigenvalue weighted by Crippen LogP contribution is -2.33. The molecule has 2 aromatic rings. The summed E-state index contributed by atoms with van der Waals surface area (Å²) in [4.78, 5) is 0. The van der Waals surface area contributed by atoms with Gasteiger partial charge in [-0.15, -0.1) is 0 Å². The Morgan fingerprint density at radius 3 is 2.86 bits per heavy atom. The van der Waals surface area contributed by atoms with E-state index in [1.165, 1.54) is 23.6 Å². The third kappa shape index (κ3) is 3.04. The van der Waals surface area contributed by atoms with Gasteiger partial charge in [0.25, 0.3) is 0 Å². The summed E-state index contributed by atoms with van der Waals surface area (Å²) < 4.78 is 13.9. The number of hydrogen-bond acceptors (Lipinski definition) is 1. The summed E-state index contributed by atoms with van der Waals surface area (Å²) in [6, 6.07) is 14.4. The van der Waals surface area contributed by atoms with Gasteiger partial charge in [0.1, 0.15) is 5.82 Å². The number of fused-ring (bicyclic) bond motifs is 1. The molecule has 0 heterocycles. The van der Waals surface area contributed by atoms with Crippen LogP contribution in [0.5, 0.6) is 0 Å². The van der Waals surface area contributed by atoms with E-state index in [0.29, 0.717) is 16.4 Å². The highest BCUT2D eigenvalue weighted by atomic mass is 79.9. The molecule has 0 saturated carbocycles. The second-order valence-electron chi connectivity index (χ2n) is 5.69. The Hall–Kier alpha value is -1.19. The van der Waals surface area contributed by atoms with Crippen LogP contribution in [-0.4, -0.2) is 13.1 Å². The van der Waals surface area contributed by atoms with Gasteiger partial charge in [-0.25, -0.2) is 4.39 Å². The molecule has 1 nitrogen and oxygen atoms in total. The fourth-order valence-corrected chi connectivity index (χ4v) is 3.80. The lowest BCUT2D eigenvalue weighted by molar-refractivity contribution is 0.456. The molecule has 2 atom stereocenters. The van der Waals surface area contributed by atoms with Crippen molar-refractivity contribution in [3.05, 3.63) is 69.4 Å². The minimum atomic E-state index is -0.203. The van der Waals surface area contributed by atoms with Crippen LogP contribution in [0.3, 0.4) is 0 Å². The van der Waals surface area contributed by atoms with Gasteiger partial charge in [0.15, 0.2) is 0 Å². The molecule has 21 heavy (non-hydrogen) atoms. The summed E-state index contributed by atoms with van der Waals surface area (Å²) >= 11 is 3.27. The first kappa shape index (κ1) is 14.7. The number of halogens is 2. The molecule has 3 rings (SSSR count). The van der Waals surface area contributed by atoms with E-state index in [1.807, 2.05) is 19.2 Å². The van der Waals surface area contributed by atoms with Crippen LogP contribution in [0.15, 0.2) is 46.9 Å². The van der Waals surface area contributed by atoms with Gasteiger partial charge < -0.3 is 5.32 Å². The highest BCUT2D eigenvalue weighted by Crippen LogP contribution is 2.36. The van der Waals surface area contributed by atoms with Crippen LogP contribution in [0, 0.1) is 5.82 Å². The van der Waals surface area contributed by atoms with Crippen LogP contribution in [0.2, 0.25) is 0 Å². The SMILES string of the molecule is CNC(Cc1ccc(F)c(Br)c1)C1CCc2ccccc21. The molecule has 2 aromatic carbocycles. The Morgan fingerprint density at radius 1 is 1.29 bits per heavy atom. The first-order valence-electron chi connectivity index (χ1n) is 7.38. The second kappa shape index (κ2) is 6.29. The summed E-state index contributed by atoms with van der Waals surface area (Å²) in [7, 11) is 2.02. The normalized spacial score (nSPS) is 18.5. The van der Waals surface area contributed by atoms with Crippen molar-refractivity contribution in [2.24, 2.45) is 0 Å². The second-order valence-corrected chi connectivity index (χ2v) is 6.55. The Balaban J connectivity index is 1.81. The number of nitrogens with one attached hydrogen (secondary N) is 1. The van der Waals surface area contributed by atoms with Crippen molar-refractivity contribution in [1.82, 2.24) is 5.32 Å². The minimum Gasteiger partial charge on any atom is -0.316 e. The molecule has 0 radical (unpaired) electrons. The Bertz CT molecular complexity index is 641. The zero-order valence-electron chi connectivity index (χ0n) is 12.1. The number of benzene rings is 2. The summed E-state index contributed by atoms with van der Waals surface area (Å²) in [5, 5.41) is 3.46. The van der Waals surface area contributed by atoms with Gasteiger partial charge in [-0.05, 0) is 71.1 Å². The molecule has 0 saturated heterocycles. The zero-order chi connectivity index (χ0) is 14.8. The van der Waals surface area contributed by atoms with Crippen molar-refractivity contribution in [2.75, 3.05) is 7.05 Å². The third-order valence-electron chi connectivity index (χ3n) is 4.48. The third-order valence-corrected chi connectivity index (χ3v) is 5.08. The van der Waals surface area contributed by atoms with Crippen molar-refractivity contribution < 1.29 is 4.39 Å². The van der Waals surface area contributed by atoms with E-state index in [1.54, 1.807) is 0 Å². The largest absolute Gasteiger partial charge is 0.316 e. The molecule has 2 unspecified atom stereocenters. The first-order valence-corrected chi connectivity index (χ1v) is 8.17. The van der Waals surface area contributed by atoms with Gasteiger partial charge in [0, 0.05) is 12.0 Å².